The summed E-state index contributed by atoms with van der Waals surface area (Å²) in [5, 5.41) is 3.39. The third kappa shape index (κ3) is 3.29. The number of nitrogens with one attached hydrogen (secondary N) is 1. The standard InChI is InChI=1S/C18H28N2O/c1-4-8-15(2)20(3)17(21)18(11-13-19-14-12-18)16-9-6-5-7-10-16/h5-7,9-10,15,19H,4,8,11-14H2,1-3H3. The fraction of sp³-hybridized carbons (Fsp3) is 0.611. The summed E-state index contributed by atoms with van der Waals surface area (Å²) in [7, 11) is 1.97. The van der Waals surface area contributed by atoms with Crippen LogP contribution in [0.2, 0.25) is 0 Å². The Kier molecular flexibility index (Phi) is 5.40. The van der Waals surface area contributed by atoms with Crippen molar-refractivity contribution in [3.05, 3.63) is 35.9 Å². The molecular weight excluding hydrogens is 260 g/mol. The van der Waals surface area contributed by atoms with Crippen molar-refractivity contribution < 1.29 is 4.79 Å². The molecule has 2 rings (SSSR count). The van der Waals surface area contributed by atoms with Crippen LogP contribution in [0.15, 0.2) is 30.3 Å². The molecule has 0 spiro atoms. The molecule has 1 aliphatic heterocycles. The quantitative estimate of drug-likeness (QED) is 0.903. The minimum absolute atomic E-state index is 0.288. The van der Waals surface area contributed by atoms with Crippen molar-refractivity contribution in [3.8, 4) is 0 Å². The molecule has 0 aliphatic carbocycles. The van der Waals surface area contributed by atoms with Crippen molar-refractivity contribution in [1.29, 1.82) is 0 Å². The maximum atomic E-state index is 13.2. The molecule has 0 radical (unpaired) electrons. The molecule has 1 atom stereocenters. The first-order chi connectivity index (χ1) is 10.1. The summed E-state index contributed by atoms with van der Waals surface area (Å²) < 4.78 is 0. The number of nitrogens with zero attached hydrogens (tertiary/aromatic N) is 1. The minimum atomic E-state index is -0.344. The Morgan fingerprint density at radius 2 is 1.90 bits per heavy atom. The lowest BCUT2D eigenvalue weighted by atomic mass is 9.72. The number of hydrogen-bond acceptors (Lipinski definition) is 2. The molecule has 0 saturated carbocycles. The van der Waals surface area contributed by atoms with E-state index in [0.717, 1.165) is 38.8 Å². The molecule has 1 aliphatic rings. The number of hydrogen-bond donors (Lipinski definition) is 1. The van der Waals surface area contributed by atoms with Crippen LogP contribution >= 0.6 is 0 Å². The molecule has 0 bridgehead atoms. The van der Waals surface area contributed by atoms with E-state index in [2.05, 4.69) is 31.3 Å². The zero-order valence-electron chi connectivity index (χ0n) is 13.6. The molecule has 3 heteroatoms. The summed E-state index contributed by atoms with van der Waals surface area (Å²) in [6.07, 6.45) is 3.95. The van der Waals surface area contributed by atoms with E-state index in [4.69, 9.17) is 0 Å². The van der Waals surface area contributed by atoms with Gasteiger partial charge in [0.1, 0.15) is 0 Å². The number of benzene rings is 1. The second kappa shape index (κ2) is 7.08. The van der Waals surface area contributed by atoms with Gasteiger partial charge in [0.2, 0.25) is 5.91 Å². The number of carbonyl (C=O) groups is 1. The van der Waals surface area contributed by atoms with Crippen LogP contribution < -0.4 is 5.32 Å². The number of carbonyl (C=O) groups excluding carboxylic acids is 1. The van der Waals surface area contributed by atoms with Crippen LogP contribution in [-0.2, 0) is 10.2 Å². The van der Waals surface area contributed by atoms with Crippen LogP contribution in [0.4, 0.5) is 0 Å². The largest absolute Gasteiger partial charge is 0.342 e. The van der Waals surface area contributed by atoms with Crippen molar-refractivity contribution in [2.75, 3.05) is 20.1 Å². The SMILES string of the molecule is CCCC(C)N(C)C(=O)C1(c2ccccc2)CCNCC1. The van der Waals surface area contributed by atoms with Crippen LogP contribution in [0.3, 0.4) is 0 Å². The molecular formula is C18H28N2O. The van der Waals surface area contributed by atoms with Gasteiger partial charge in [0.15, 0.2) is 0 Å². The zero-order valence-corrected chi connectivity index (χ0v) is 13.6. The first kappa shape index (κ1) is 16.0. The normalized spacial score (nSPS) is 19.0. The third-order valence-electron chi connectivity index (χ3n) is 4.88. The molecule has 116 valence electrons. The van der Waals surface area contributed by atoms with E-state index in [9.17, 15) is 4.79 Å². The van der Waals surface area contributed by atoms with Gasteiger partial charge in [-0.3, -0.25) is 4.79 Å². The van der Waals surface area contributed by atoms with Gasteiger partial charge in [-0.2, -0.15) is 0 Å². The molecule has 1 heterocycles. The summed E-state index contributed by atoms with van der Waals surface area (Å²) in [5.74, 6) is 0.288. The van der Waals surface area contributed by atoms with Gasteiger partial charge in [-0.15, -0.1) is 0 Å². The summed E-state index contributed by atoms with van der Waals surface area (Å²) in [5.41, 5.74) is 0.829. The maximum Gasteiger partial charge on any atom is 0.233 e. The van der Waals surface area contributed by atoms with E-state index < -0.39 is 0 Å². The van der Waals surface area contributed by atoms with Gasteiger partial charge in [-0.1, -0.05) is 43.7 Å². The van der Waals surface area contributed by atoms with E-state index in [1.807, 2.05) is 30.1 Å². The number of piperidine rings is 1. The number of amides is 1. The average molecular weight is 288 g/mol. The van der Waals surface area contributed by atoms with Gasteiger partial charge in [0.25, 0.3) is 0 Å². The summed E-state index contributed by atoms with van der Waals surface area (Å²) >= 11 is 0. The molecule has 1 aromatic carbocycles. The van der Waals surface area contributed by atoms with E-state index in [0.29, 0.717) is 6.04 Å². The molecule has 1 aromatic rings. The predicted molar refractivity (Wildman–Crippen MR) is 87.4 cm³/mol. The fourth-order valence-electron chi connectivity index (χ4n) is 3.39. The van der Waals surface area contributed by atoms with Crippen LogP contribution in [-0.4, -0.2) is 37.0 Å². The second-order valence-electron chi connectivity index (χ2n) is 6.25. The fourth-order valence-corrected chi connectivity index (χ4v) is 3.39. The Hall–Kier alpha value is -1.35. The second-order valence-corrected chi connectivity index (χ2v) is 6.25. The van der Waals surface area contributed by atoms with Crippen molar-refractivity contribution >= 4 is 5.91 Å². The summed E-state index contributed by atoms with van der Waals surface area (Å²) in [4.78, 5) is 15.2. The predicted octanol–water partition coefficient (Wildman–Crippen LogP) is 2.95. The molecule has 1 amide bonds. The molecule has 21 heavy (non-hydrogen) atoms. The molecule has 1 N–H and O–H groups in total. The molecule has 1 fully saturated rings. The van der Waals surface area contributed by atoms with Crippen LogP contribution in [0.25, 0.3) is 0 Å². The molecule has 1 unspecified atom stereocenters. The Labute approximate surface area is 128 Å². The third-order valence-corrected chi connectivity index (χ3v) is 4.88. The highest BCUT2D eigenvalue weighted by Gasteiger charge is 2.43. The van der Waals surface area contributed by atoms with Gasteiger partial charge in [0, 0.05) is 13.1 Å². The van der Waals surface area contributed by atoms with Gasteiger partial charge in [0.05, 0.1) is 5.41 Å². The van der Waals surface area contributed by atoms with Crippen LogP contribution in [0.1, 0.15) is 45.1 Å². The van der Waals surface area contributed by atoms with E-state index >= 15 is 0 Å². The summed E-state index contributed by atoms with van der Waals surface area (Å²) in [6.45, 7) is 6.15. The highest BCUT2D eigenvalue weighted by Crippen LogP contribution is 2.35. The monoisotopic (exact) mass is 288 g/mol. The van der Waals surface area contributed by atoms with E-state index in [1.54, 1.807) is 0 Å². The first-order valence-electron chi connectivity index (χ1n) is 8.15. The van der Waals surface area contributed by atoms with Gasteiger partial charge < -0.3 is 10.2 Å². The highest BCUT2D eigenvalue weighted by atomic mass is 16.2. The van der Waals surface area contributed by atoms with Crippen molar-refractivity contribution in [2.24, 2.45) is 0 Å². The van der Waals surface area contributed by atoms with Crippen molar-refractivity contribution in [3.63, 3.8) is 0 Å². The zero-order chi connectivity index (χ0) is 15.3. The maximum absolute atomic E-state index is 13.2. The highest BCUT2D eigenvalue weighted by molar-refractivity contribution is 5.88. The van der Waals surface area contributed by atoms with Crippen molar-refractivity contribution in [2.45, 2.75) is 51.0 Å². The van der Waals surface area contributed by atoms with E-state index in [-0.39, 0.29) is 11.3 Å². The van der Waals surface area contributed by atoms with E-state index in [1.165, 1.54) is 5.56 Å². The van der Waals surface area contributed by atoms with Gasteiger partial charge in [-0.05, 0) is 44.8 Å². The Balaban J connectivity index is 2.30. The average Bonchev–Trinajstić information content (AvgIpc) is 2.55. The topological polar surface area (TPSA) is 32.3 Å². The lowest BCUT2D eigenvalue weighted by Crippen LogP contribution is -2.53. The number of rotatable bonds is 5. The van der Waals surface area contributed by atoms with Gasteiger partial charge in [-0.25, -0.2) is 0 Å². The lowest BCUT2D eigenvalue weighted by molar-refractivity contribution is -0.139. The molecule has 3 nitrogen and oxygen atoms in total. The molecule has 0 aromatic heterocycles. The first-order valence-corrected chi connectivity index (χ1v) is 8.15. The Bertz CT molecular complexity index is 452. The van der Waals surface area contributed by atoms with Gasteiger partial charge >= 0.3 is 0 Å². The Morgan fingerprint density at radius 1 is 1.29 bits per heavy atom. The molecule has 1 saturated heterocycles. The lowest BCUT2D eigenvalue weighted by Gasteiger charge is -2.41. The smallest absolute Gasteiger partial charge is 0.233 e. The number of likely N-dealkylation sites (N-methyl/N-ethyl adjacent to an activating group) is 1. The van der Waals surface area contributed by atoms with Crippen LogP contribution in [0.5, 0.6) is 0 Å². The summed E-state index contributed by atoms with van der Waals surface area (Å²) in [6, 6.07) is 10.6. The Morgan fingerprint density at radius 3 is 2.48 bits per heavy atom. The minimum Gasteiger partial charge on any atom is -0.342 e. The van der Waals surface area contributed by atoms with Crippen LogP contribution in [0, 0.1) is 0 Å². The van der Waals surface area contributed by atoms with Crippen molar-refractivity contribution in [1.82, 2.24) is 10.2 Å².